The Labute approximate surface area is 100 Å². The fraction of sp³-hybridized carbons (Fsp3) is 0.111. The Balaban J connectivity index is 3.18. The molecule has 0 unspecified atom stereocenters. The quantitative estimate of drug-likeness (QED) is 0.278. The molecule has 0 heterocycles. The molecule has 0 saturated heterocycles. The highest BCUT2D eigenvalue weighted by Gasteiger charge is 2.09. The van der Waals surface area contributed by atoms with Crippen LogP contribution in [0.3, 0.4) is 0 Å². The molecule has 0 aliphatic heterocycles. The number of benzene rings is 1. The lowest BCUT2D eigenvalue weighted by molar-refractivity contribution is 0.584. The third-order valence-corrected chi connectivity index (χ3v) is 2.51. The van der Waals surface area contributed by atoms with Crippen molar-refractivity contribution in [2.24, 2.45) is 4.99 Å². The second kappa shape index (κ2) is 5.68. The van der Waals surface area contributed by atoms with Crippen molar-refractivity contribution in [2.75, 3.05) is 6.26 Å². The molecular formula is C9H6ClF2N3S. The van der Waals surface area contributed by atoms with Crippen LogP contribution in [-0.2, 0) is 0 Å². The lowest BCUT2D eigenvalue weighted by atomic mass is 10.3. The topological polar surface area (TPSA) is 48.2 Å². The van der Waals surface area contributed by atoms with Gasteiger partial charge in [-0.2, -0.15) is 5.26 Å². The summed E-state index contributed by atoms with van der Waals surface area (Å²) in [5.41, 5.74) is -0.0636. The van der Waals surface area contributed by atoms with Gasteiger partial charge in [-0.05, 0) is 6.26 Å². The summed E-state index contributed by atoms with van der Waals surface area (Å²) in [5, 5.41) is 10.6. The maximum absolute atomic E-state index is 13.0. The number of hydrogen-bond acceptors (Lipinski definition) is 3. The summed E-state index contributed by atoms with van der Waals surface area (Å²) in [5.74, 6) is -1.67. The number of thioether (sulfide) groups is 1. The Kier molecular flexibility index (Phi) is 4.52. The van der Waals surface area contributed by atoms with Gasteiger partial charge in [0, 0.05) is 12.1 Å². The first kappa shape index (κ1) is 12.7. The third kappa shape index (κ3) is 3.08. The highest BCUT2D eigenvalue weighted by Crippen LogP contribution is 2.29. The predicted molar refractivity (Wildman–Crippen MR) is 60.7 cm³/mol. The van der Waals surface area contributed by atoms with Gasteiger partial charge in [-0.1, -0.05) is 23.4 Å². The van der Waals surface area contributed by atoms with E-state index in [9.17, 15) is 8.78 Å². The van der Waals surface area contributed by atoms with Crippen LogP contribution in [0.25, 0.3) is 0 Å². The van der Waals surface area contributed by atoms with E-state index in [1.807, 2.05) is 0 Å². The molecule has 0 amide bonds. The molecule has 1 aromatic rings. The molecule has 1 aromatic carbocycles. The van der Waals surface area contributed by atoms with E-state index in [0.29, 0.717) is 6.07 Å². The van der Waals surface area contributed by atoms with Gasteiger partial charge in [-0.15, -0.1) is 0 Å². The van der Waals surface area contributed by atoms with Crippen LogP contribution in [0.5, 0.6) is 0 Å². The summed E-state index contributed by atoms with van der Waals surface area (Å²) in [4.78, 5) is 3.82. The average molecular weight is 262 g/mol. The highest BCUT2D eigenvalue weighted by atomic mass is 35.5. The zero-order valence-corrected chi connectivity index (χ0v) is 9.66. The zero-order chi connectivity index (χ0) is 12.1. The van der Waals surface area contributed by atoms with E-state index in [1.165, 1.54) is 0 Å². The Hall–Kier alpha value is -1.32. The van der Waals surface area contributed by atoms with E-state index in [4.69, 9.17) is 16.9 Å². The van der Waals surface area contributed by atoms with Gasteiger partial charge in [0.15, 0.2) is 11.4 Å². The van der Waals surface area contributed by atoms with E-state index in [2.05, 4.69) is 10.3 Å². The molecule has 7 heteroatoms. The van der Waals surface area contributed by atoms with Crippen LogP contribution in [0, 0.1) is 23.1 Å². The van der Waals surface area contributed by atoms with Crippen LogP contribution < -0.4 is 5.32 Å². The first-order valence-corrected chi connectivity index (χ1v) is 5.61. The summed E-state index contributed by atoms with van der Waals surface area (Å²) < 4.78 is 25.9. The normalized spacial score (nSPS) is 11.1. The Bertz CT molecular complexity index is 471. The number of nitrogens with one attached hydrogen (secondary N) is 1. The summed E-state index contributed by atoms with van der Waals surface area (Å²) in [7, 11) is 0. The van der Waals surface area contributed by atoms with Crippen LogP contribution in [0.2, 0.25) is 5.02 Å². The Morgan fingerprint density at radius 2 is 2.25 bits per heavy atom. The molecule has 0 fully saturated rings. The minimum atomic E-state index is -0.891. The van der Waals surface area contributed by atoms with Crippen LogP contribution >= 0.6 is 23.4 Å². The summed E-state index contributed by atoms with van der Waals surface area (Å²) in [6.07, 6.45) is 3.31. The van der Waals surface area contributed by atoms with Crippen molar-refractivity contribution in [1.29, 1.82) is 5.26 Å². The third-order valence-electron chi connectivity index (χ3n) is 1.55. The van der Waals surface area contributed by atoms with Gasteiger partial charge in [0.1, 0.15) is 16.7 Å². The molecule has 0 atom stereocenters. The van der Waals surface area contributed by atoms with Crippen molar-refractivity contribution in [3.63, 3.8) is 0 Å². The largest absolute Gasteiger partial charge is 0.271 e. The number of nitriles is 1. The molecule has 0 radical (unpaired) electrons. The maximum Gasteiger partial charge on any atom is 0.183 e. The van der Waals surface area contributed by atoms with Gasteiger partial charge in [0.25, 0.3) is 0 Å². The van der Waals surface area contributed by atoms with Crippen molar-refractivity contribution < 1.29 is 8.78 Å². The second-order valence-electron chi connectivity index (χ2n) is 2.58. The number of amidine groups is 1. The van der Waals surface area contributed by atoms with Crippen LogP contribution in [-0.4, -0.2) is 11.4 Å². The lowest BCUT2D eigenvalue weighted by Crippen LogP contribution is -2.12. The molecule has 1 rings (SSSR count). The number of nitrogens with zero attached hydrogens (tertiary/aromatic N) is 2. The van der Waals surface area contributed by atoms with E-state index >= 15 is 0 Å². The molecule has 0 aliphatic rings. The SMILES string of the molecule is CSC(=Nc1cc(F)cc(F)c1Cl)NC#N. The number of halogens is 3. The van der Waals surface area contributed by atoms with E-state index in [0.717, 1.165) is 17.8 Å². The molecule has 0 saturated carbocycles. The number of rotatable bonds is 1. The average Bonchev–Trinajstić information content (AvgIpc) is 2.24. The first-order chi connectivity index (χ1) is 7.58. The molecule has 0 bridgehead atoms. The molecule has 0 aliphatic carbocycles. The van der Waals surface area contributed by atoms with Crippen molar-refractivity contribution in [3.05, 3.63) is 28.8 Å². The van der Waals surface area contributed by atoms with E-state index < -0.39 is 11.6 Å². The van der Waals surface area contributed by atoms with Gasteiger partial charge in [-0.3, -0.25) is 5.32 Å². The van der Waals surface area contributed by atoms with Gasteiger partial charge in [0.2, 0.25) is 0 Å². The molecule has 3 nitrogen and oxygen atoms in total. The van der Waals surface area contributed by atoms with Gasteiger partial charge >= 0.3 is 0 Å². The standard InChI is InChI=1S/C9H6ClF2N3S/c1-16-9(14-4-13)15-7-3-5(11)2-6(12)8(7)10/h2-3H,1H3,(H,14,15). The Morgan fingerprint density at radius 1 is 1.56 bits per heavy atom. The predicted octanol–water partition coefficient (Wildman–Crippen LogP) is 3.04. The van der Waals surface area contributed by atoms with Crippen LogP contribution in [0.1, 0.15) is 0 Å². The van der Waals surface area contributed by atoms with Gasteiger partial charge < -0.3 is 0 Å². The van der Waals surface area contributed by atoms with Gasteiger partial charge in [-0.25, -0.2) is 13.8 Å². The summed E-state index contributed by atoms with van der Waals surface area (Å²) in [6, 6.07) is 1.65. The monoisotopic (exact) mass is 261 g/mol. The summed E-state index contributed by atoms with van der Waals surface area (Å²) >= 11 is 6.72. The molecular weight excluding hydrogens is 256 g/mol. The first-order valence-electron chi connectivity index (χ1n) is 4.00. The number of aliphatic imine (C=N–C) groups is 1. The van der Waals surface area contributed by atoms with Gasteiger partial charge in [0.05, 0.1) is 5.69 Å². The minimum absolute atomic E-state index is 0.0636. The van der Waals surface area contributed by atoms with Crippen molar-refractivity contribution >= 4 is 34.2 Å². The zero-order valence-electron chi connectivity index (χ0n) is 8.09. The van der Waals surface area contributed by atoms with Crippen LogP contribution in [0.4, 0.5) is 14.5 Å². The molecule has 84 valence electrons. The smallest absolute Gasteiger partial charge is 0.183 e. The fourth-order valence-corrected chi connectivity index (χ4v) is 1.39. The van der Waals surface area contributed by atoms with Crippen molar-refractivity contribution in [2.45, 2.75) is 0 Å². The highest BCUT2D eigenvalue weighted by molar-refractivity contribution is 8.13. The summed E-state index contributed by atoms with van der Waals surface area (Å²) in [6.45, 7) is 0. The van der Waals surface area contributed by atoms with E-state index in [-0.39, 0.29) is 15.9 Å². The molecule has 1 N–H and O–H groups in total. The van der Waals surface area contributed by atoms with Crippen molar-refractivity contribution in [1.82, 2.24) is 5.32 Å². The van der Waals surface area contributed by atoms with Crippen LogP contribution in [0.15, 0.2) is 17.1 Å². The van der Waals surface area contributed by atoms with Crippen molar-refractivity contribution in [3.8, 4) is 6.19 Å². The second-order valence-corrected chi connectivity index (χ2v) is 3.75. The molecule has 16 heavy (non-hydrogen) atoms. The fourth-order valence-electron chi connectivity index (χ4n) is 0.906. The minimum Gasteiger partial charge on any atom is -0.271 e. The Morgan fingerprint density at radius 3 is 2.81 bits per heavy atom. The lowest BCUT2D eigenvalue weighted by Gasteiger charge is -2.03. The number of hydrogen-bond donors (Lipinski definition) is 1. The molecule has 0 aromatic heterocycles. The molecule has 0 spiro atoms. The maximum atomic E-state index is 13.0. The van der Waals surface area contributed by atoms with E-state index in [1.54, 1.807) is 12.4 Å².